The first-order valence-electron chi connectivity index (χ1n) is 9.90. The van der Waals surface area contributed by atoms with Crippen molar-refractivity contribution in [1.29, 1.82) is 0 Å². The molecule has 1 saturated carbocycles. The van der Waals surface area contributed by atoms with Crippen LogP contribution in [0.5, 0.6) is 0 Å². The van der Waals surface area contributed by atoms with Crippen LogP contribution in [0.25, 0.3) is 21.8 Å². The van der Waals surface area contributed by atoms with Crippen molar-refractivity contribution >= 4 is 68.1 Å². The highest BCUT2D eigenvalue weighted by Crippen LogP contribution is 2.40. The zero-order chi connectivity index (χ0) is 22.9. The molecule has 0 bridgehead atoms. The number of H-pyrrole nitrogens is 2. The normalized spacial score (nSPS) is 19.5. The van der Waals surface area contributed by atoms with Crippen LogP contribution < -0.4 is 0 Å². The van der Waals surface area contributed by atoms with Gasteiger partial charge in [-0.25, -0.2) is 0 Å². The fraction of sp³-hybridized carbons (Fsp3) is 0.167. The Morgan fingerprint density at radius 1 is 0.625 bits per heavy atom. The molecular formula is C24H16Cl2N2O4. The maximum Gasteiger partial charge on any atom is 0.214 e. The highest BCUT2D eigenvalue weighted by molar-refractivity contribution is 6.64. The maximum atomic E-state index is 13.3. The van der Waals surface area contributed by atoms with E-state index in [0.717, 1.165) is 0 Å². The van der Waals surface area contributed by atoms with Gasteiger partial charge in [-0.3, -0.25) is 19.2 Å². The van der Waals surface area contributed by atoms with E-state index < -0.39 is 35.0 Å². The summed E-state index contributed by atoms with van der Waals surface area (Å²) in [6.45, 7) is 3.38. The van der Waals surface area contributed by atoms with Crippen molar-refractivity contribution in [3.8, 4) is 0 Å². The highest BCUT2D eigenvalue weighted by atomic mass is 35.5. The molecule has 0 unspecified atom stereocenters. The highest BCUT2D eigenvalue weighted by Gasteiger charge is 2.51. The number of ketones is 4. The summed E-state index contributed by atoms with van der Waals surface area (Å²) < 4.78 is 0. The van der Waals surface area contributed by atoms with E-state index in [2.05, 4.69) is 9.97 Å². The first-order valence-corrected chi connectivity index (χ1v) is 10.7. The van der Waals surface area contributed by atoms with Crippen LogP contribution in [0.4, 0.5) is 0 Å². The van der Waals surface area contributed by atoms with E-state index in [-0.39, 0.29) is 0 Å². The molecule has 32 heavy (non-hydrogen) atoms. The van der Waals surface area contributed by atoms with Gasteiger partial charge in [-0.1, -0.05) is 23.2 Å². The molecule has 2 N–H and O–H groups in total. The number of rotatable bonds is 2. The minimum atomic E-state index is -1.49. The molecule has 8 heteroatoms. The van der Waals surface area contributed by atoms with Gasteiger partial charge < -0.3 is 9.97 Å². The summed E-state index contributed by atoms with van der Waals surface area (Å²) in [5, 5.41) is 1.90. The van der Waals surface area contributed by atoms with E-state index >= 15 is 0 Å². The first-order chi connectivity index (χ1) is 15.2. The van der Waals surface area contributed by atoms with Crippen LogP contribution in [0.2, 0.25) is 10.0 Å². The van der Waals surface area contributed by atoms with E-state index in [9.17, 15) is 19.2 Å². The quantitative estimate of drug-likeness (QED) is 0.329. The van der Waals surface area contributed by atoms with Gasteiger partial charge in [0.05, 0.1) is 0 Å². The van der Waals surface area contributed by atoms with E-state index in [1.165, 1.54) is 0 Å². The SMILES string of the molecule is Cc1[nH]c2ccc(Cl)cc2c1C1C(=O)C(=O)C(c2c(C)[nH]c3ccc(Cl)cc23)C(=O)C1=O. The molecular weight excluding hydrogens is 451 g/mol. The van der Waals surface area contributed by atoms with E-state index in [1.54, 1.807) is 50.2 Å². The third-order valence-electron chi connectivity index (χ3n) is 6.11. The molecule has 2 heterocycles. The Bertz CT molecular complexity index is 1370. The summed E-state index contributed by atoms with van der Waals surface area (Å²) in [7, 11) is 0. The Morgan fingerprint density at radius 2 is 0.969 bits per heavy atom. The van der Waals surface area contributed by atoms with Crippen molar-refractivity contribution in [1.82, 2.24) is 9.97 Å². The van der Waals surface area contributed by atoms with Gasteiger partial charge in [-0.05, 0) is 61.4 Å². The summed E-state index contributed by atoms with van der Waals surface area (Å²) in [5.41, 5.74) is 3.01. The van der Waals surface area contributed by atoms with Gasteiger partial charge in [0.1, 0.15) is 11.8 Å². The van der Waals surface area contributed by atoms with Crippen molar-refractivity contribution in [3.63, 3.8) is 0 Å². The maximum absolute atomic E-state index is 13.3. The Balaban J connectivity index is 1.67. The number of hydrogen-bond acceptors (Lipinski definition) is 4. The van der Waals surface area contributed by atoms with Gasteiger partial charge in [0.15, 0.2) is 0 Å². The number of aromatic nitrogens is 2. The minimum Gasteiger partial charge on any atom is -0.358 e. The second kappa shape index (κ2) is 7.15. The van der Waals surface area contributed by atoms with Crippen molar-refractivity contribution in [2.24, 2.45) is 0 Å². The molecule has 0 saturated heterocycles. The van der Waals surface area contributed by atoms with Crippen molar-refractivity contribution in [2.75, 3.05) is 0 Å². The Hall–Kier alpha value is -3.22. The first kappa shape index (κ1) is 20.7. The van der Waals surface area contributed by atoms with Gasteiger partial charge in [0, 0.05) is 43.2 Å². The molecule has 0 radical (unpaired) electrons. The third-order valence-corrected chi connectivity index (χ3v) is 6.58. The molecule has 1 fully saturated rings. The van der Waals surface area contributed by atoms with Crippen LogP contribution in [0.3, 0.4) is 0 Å². The summed E-state index contributed by atoms with van der Waals surface area (Å²) in [5.74, 6) is -6.60. The summed E-state index contributed by atoms with van der Waals surface area (Å²) >= 11 is 12.2. The lowest BCUT2D eigenvalue weighted by molar-refractivity contribution is -0.150. The molecule has 2 aromatic carbocycles. The van der Waals surface area contributed by atoms with Crippen molar-refractivity contribution in [3.05, 3.63) is 69.0 Å². The van der Waals surface area contributed by atoms with E-state index in [1.807, 2.05) is 0 Å². The predicted octanol–water partition coefficient (Wildman–Crippen LogP) is 4.73. The van der Waals surface area contributed by atoms with Crippen LogP contribution >= 0.6 is 23.2 Å². The Kier molecular flexibility index (Phi) is 4.62. The molecule has 2 aromatic heterocycles. The summed E-state index contributed by atoms with van der Waals surface area (Å²) in [4.78, 5) is 59.3. The molecule has 0 aliphatic heterocycles. The summed E-state index contributed by atoms with van der Waals surface area (Å²) in [6.07, 6.45) is 0. The summed E-state index contributed by atoms with van der Waals surface area (Å²) in [6, 6.07) is 10.0. The number of Topliss-reactive ketones (excluding diaryl/α,β-unsaturated/α-hetero) is 4. The number of nitrogens with one attached hydrogen (secondary N) is 2. The number of carbonyl (C=O) groups excluding carboxylic acids is 4. The smallest absolute Gasteiger partial charge is 0.214 e. The standard InChI is InChI=1S/C24H16Cl2N2O4/c1-9-17(13-7-11(25)3-5-15(13)27-9)19-21(29)23(31)20(24(32)22(19)30)18-10(2)28-16-6-4-12(26)8-14(16)18/h3-8,19-20,27-28H,1-2H3. The lowest BCUT2D eigenvalue weighted by Gasteiger charge is -2.25. The molecule has 0 spiro atoms. The lowest BCUT2D eigenvalue weighted by Crippen LogP contribution is -2.46. The second-order valence-corrected chi connectivity index (χ2v) is 8.90. The number of aromatic amines is 2. The van der Waals surface area contributed by atoms with Crippen LogP contribution in [0, 0.1) is 13.8 Å². The third kappa shape index (κ3) is 2.87. The molecule has 6 nitrogen and oxygen atoms in total. The second-order valence-electron chi connectivity index (χ2n) is 8.03. The van der Waals surface area contributed by atoms with Gasteiger partial charge in [0.25, 0.3) is 0 Å². The molecule has 1 aliphatic rings. The van der Waals surface area contributed by atoms with Crippen LogP contribution in [0.15, 0.2) is 36.4 Å². The molecule has 4 aromatic rings. The van der Waals surface area contributed by atoms with Crippen LogP contribution in [0.1, 0.15) is 34.4 Å². The average Bonchev–Trinajstić information content (AvgIpc) is 3.23. The Morgan fingerprint density at radius 3 is 1.31 bits per heavy atom. The number of aryl methyl sites for hydroxylation is 2. The molecule has 160 valence electrons. The monoisotopic (exact) mass is 466 g/mol. The Labute approximate surface area is 191 Å². The number of benzene rings is 2. The molecule has 1 aliphatic carbocycles. The predicted molar refractivity (Wildman–Crippen MR) is 122 cm³/mol. The molecule has 5 rings (SSSR count). The van der Waals surface area contributed by atoms with E-state index in [4.69, 9.17) is 23.2 Å². The van der Waals surface area contributed by atoms with Crippen LogP contribution in [-0.2, 0) is 19.2 Å². The zero-order valence-corrected chi connectivity index (χ0v) is 18.5. The largest absolute Gasteiger partial charge is 0.358 e. The topological polar surface area (TPSA) is 99.9 Å². The number of hydrogen-bond donors (Lipinski definition) is 2. The van der Waals surface area contributed by atoms with Crippen LogP contribution in [-0.4, -0.2) is 33.1 Å². The van der Waals surface area contributed by atoms with Gasteiger partial charge >= 0.3 is 0 Å². The molecule has 0 atom stereocenters. The van der Waals surface area contributed by atoms with Gasteiger partial charge in [-0.2, -0.15) is 0 Å². The van der Waals surface area contributed by atoms with E-state index in [0.29, 0.717) is 54.4 Å². The van der Waals surface area contributed by atoms with Gasteiger partial charge in [0.2, 0.25) is 23.1 Å². The lowest BCUT2D eigenvalue weighted by atomic mass is 9.71. The van der Waals surface area contributed by atoms with Gasteiger partial charge in [-0.15, -0.1) is 0 Å². The minimum absolute atomic E-state index is 0.316. The number of carbonyl (C=O) groups is 4. The fourth-order valence-electron chi connectivity index (χ4n) is 4.71. The van der Waals surface area contributed by atoms with Crippen molar-refractivity contribution in [2.45, 2.75) is 25.7 Å². The number of fused-ring (bicyclic) bond motifs is 2. The average molecular weight is 467 g/mol. The van der Waals surface area contributed by atoms with Crippen molar-refractivity contribution < 1.29 is 19.2 Å². The molecule has 0 amide bonds. The number of halogens is 2. The zero-order valence-electron chi connectivity index (χ0n) is 17.0. The fourth-order valence-corrected chi connectivity index (χ4v) is 5.06.